The Bertz CT molecular complexity index is 244. The standard InChI is InChI=1S/C10H17NO/c1-8(2)7-4-5-9(8,3)10(6-7)11-12-10/h7,11H,4-6H2,1-3H3/t7-,9-,10?/m1/s1. The van der Waals surface area contributed by atoms with Crippen molar-refractivity contribution in [1.29, 1.82) is 0 Å². The lowest BCUT2D eigenvalue weighted by molar-refractivity contribution is 0.0701. The van der Waals surface area contributed by atoms with E-state index in [0.29, 0.717) is 10.8 Å². The second-order valence-corrected chi connectivity index (χ2v) is 5.52. The van der Waals surface area contributed by atoms with Gasteiger partial charge in [0.15, 0.2) is 5.72 Å². The van der Waals surface area contributed by atoms with E-state index < -0.39 is 0 Å². The van der Waals surface area contributed by atoms with Gasteiger partial charge < -0.3 is 0 Å². The van der Waals surface area contributed by atoms with Crippen LogP contribution in [0.15, 0.2) is 0 Å². The first-order chi connectivity index (χ1) is 5.52. The molecule has 0 aromatic heterocycles. The second-order valence-electron chi connectivity index (χ2n) is 5.52. The highest BCUT2D eigenvalue weighted by Crippen LogP contribution is 2.72. The molecular weight excluding hydrogens is 150 g/mol. The average molecular weight is 167 g/mol. The van der Waals surface area contributed by atoms with Gasteiger partial charge in [0, 0.05) is 5.41 Å². The quantitative estimate of drug-likeness (QED) is 0.560. The number of hydroxylamine groups is 1. The molecule has 0 aromatic rings. The molecule has 2 aliphatic carbocycles. The van der Waals surface area contributed by atoms with Crippen LogP contribution in [0, 0.1) is 16.7 Å². The normalized spacial score (nSPS) is 59.8. The zero-order valence-electron chi connectivity index (χ0n) is 8.11. The van der Waals surface area contributed by atoms with E-state index in [9.17, 15) is 0 Å². The van der Waals surface area contributed by atoms with E-state index in [4.69, 9.17) is 4.84 Å². The molecule has 2 heteroatoms. The lowest BCUT2D eigenvalue weighted by Crippen LogP contribution is -2.39. The number of nitrogens with one attached hydrogen (secondary N) is 1. The van der Waals surface area contributed by atoms with Crippen LogP contribution in [0.3, 0.4) is 0 Å². The Morgan fingerprint density at radius 3 is 2.25 bits per heavy atom. The number of hydrogen-bond acceptors (Lipinski definition) is 2. The number of fused-ring (bicyclic) bond motifs is 3. The summed E-state index contributed by atoms with van der Waals surface area (Å²) in [5.41, 5.74) is 4.07. The Hall–Kier alpha value is -0.0800. The van der Waals surface area contributed by atoms with Crippen LogP contribution >= 0.6 is 0 Å². The van der Waals surface area contributed by atoms with Crippen molar-refractivity contribution < 1.29 is 4.84 Å². The van der Waals surface area contributed by atoms with Crippen LogP contribution in [-0.2, 0) is 4.84 Å². The Labute approximate surface area is 73.6 Å². The summed E-state index contributed by atoms with van der Waals surface area (Å²) < 4.78 is 0. The third-order valence-electron chi connectivity index (χ3n) is 5.21. The van der Waals surface area contributed by atoms with Crippen molar-refractivity contribution in [1.82, 2.24) is 5.48 Å². The smallest absolute Gasteiger partial charge is 0.167 e. The largest absolute Gasteiger partial charge is 0.274 e. The van der Waals surface area contributed by atoms with E-state index in [0.717, 1.165) is 5.92 Å². The van der Waals surface area contributed by atoms with Gasteiger partial charge in [-0.2, -0.15) is 5.48 Å². The first kappa shape index (κ1) is 7.34. The van der Waals surface area contributed by atoms with Gasteiger partial charge in [0.1, 0.15) is 0 Å². The van der Waals surface area contributed by atoms with Gasteiger partial charge in [-0.25, -0.2) is 0 Å². The molecule has 0 aromatic carbocycles. The van der Waals surface area contributed by atoms with Gasteiger partial charge in [0.2, 0.25) is 0 Å². The number of hydrogen-bond donors (Lipinski definition) is 1. The van der Waals surface area contributed by atoms with Gasteiger partial charge in [0.25, 0.3) is 0 Å². The fourth-order valence-corrected chi connectivity index (χ4v) is 3.62. The maximum absolute atomic E-state index is 5.48. The third-order valence-corrected chi connectivity index (χ3v) is 5.21. The summed E-state index contributed by atoms with van der Waals surface area (Å²) >= 11 is 0. The molecule has 12 heavy (non-hydrogen) atoms. The first-order valence-electron chi connectivity index (χ1n) is 4.97. The molecule has 68 valence electrons. The van der Waals surface area contributed by atoms with Crippen LogP contribution in [0.5, 0.6) is 0 Å². The number of rotatable bonds is 0. The van der Waals surface area contributed by atoms with Crippen molar-refractivity contribution in [3.05, 3.63) is 0 Å². The summed E-state index contributed by atoms with van der Waals surface area (Å²) in [4.78, 5) is 5.48. The molecular formula is C10H17NO. The Morgan fingerprint density at radius 1 is 1.33 bits per heavy atom. The van der Waals surface area contributed by atoms with Crippen molar-refractivity contribution in [3.8, 4) is 0 Å². The van der Waals surface area contributed by atoms with Crippen molar-refractivity contribution in [3.63, 3.8) is 0 Å². The van der Waals surface area contributed by atoms with Gasteiger partial charge >= 0.3 is 0 Å². The van der Waals surface area contributed by atoms with Gasteiger partial charge in [0.05, 0.1) is 0 Å². The predicted molar refractivity (Wildman–Crippen MR) is 46.2 cm³/mol. The Balaban J connectivity index is 2.12. The predicted octanol–water partition coefficient (Wildman–Crippen LogP) is 2.06. The van der Waals surface area contributed by atoms with Crippen molar-refractivity contribution in [2.75, 3.05) is 0 Å². The highest BCUT2D eigenvalue weighted by Gasteiger charge is 2.75. The molecule has 2 bridgehead atoms. The zero-order chi connectivity index (χ0) is 8.61. The summed E-state index contributed by atoms with van der Waals surface area (Å²) in [7, 11) is 0. The zero-order valence-corrected chi connectivity index (χ0v) is 8.11. The Morgan fingerprint density at radius 2 is 2.00 bits per heavy atom. The molecule has 3 rings (SSSR count). The van der Waals surface area contributed by atoms with Gasteiger partial charge in [-0.15, -0.1) is 0 Å². The fourth-order valence-electron chi connectivity index (χ4n) is 3.62. The summed E-state index contributed by atoms with van der Waals surface area (Å²) in [5, 5.41) is 0. The van der Waals surface area contributed by atoms with Crippen LogP contribution in [0.2, 0.25) is 0 Å². The Kier molecular flexibility index (Phi) is 0.978. The van der Waals surface area contributed by atoms with E-state index in [2.05, 4.69) is 26.3 Å². The monoisotopic (exact) mass is 167 g/mol. The molecule has 2 saturated carbocycles. The highest BCUT2D eigenvalue weighted by molar-refractivity contribution is 5.19. The topological polar surface area (TPSA) is 34.5 Å². The molecule has 1 unspecified atom stereocenters. The minimum Gasteiger partial charge on any atom is -0.274 e. The molecule has 3 aliphatic rings. The molecule has 1 spiro atoms. The molecule has 1 N–H and O–H groups in total. The highest BCUT2D eigenvalue weighted by atomic mass is 16.8. The van der Waals surface area contributed by atoms with E-state index >= 15 is 0 Å². The lowest BCUT2D eigenvalue weighted by Gasteiger charge is -2.36. The van der Waals surface area contributed by atoms with Crippen molar-refractivity contribution in [2.45, 2.75) is 45.8 Å². The lowest BCUT2D eigenvalue weighted by atomic mass is 9.68. The van der Waals surface area contributed by atoms with E-state index in [1.54, 1.807) is 0 Å². The van der Waals surface area contributed by atoms with Crippen LogP contribution in [0.25, 0.3) is 0 Å². The van der Waals surface area contributed by atoms with Crippen LogP contribution in [-0.4, -0.2) is 5.72 Å². The van der Waals surface area contributed by atoms with Gasteiger partial charge in [-0.05, 0) is 30.6 Å². The molecule has 3 atom stereocenters. The molecule has 0 amide bonds. The minimum atomic E-state index is 0.0828. The van der Waals surface area contributed by atoms with E-state index in [-0.39, 0.29) is 5.72 Å². The van der Waals surface area contributed by atoms with E-state index in [1.807, 2.05) is 0 Å². The van der Waals surface area contributed by atoms with Crippen LogP contribution in [0.4, 0.5) is 0 Å². The maximum atomic E-state index is 5.48. The second kappa shape index (κ2) is 1.60. The maximum Gasteiger partial charge on any atom is 0.167 e. The third kappa shape index (κ3) is 0.495. The molecule has 1 saturated heterocycles. The average Bonchev–Trinajstić information content (AvgIpc) is 2.69. The van der Waals surface area contributed by atoms with Gasteiger partial charge in [-0.1, -0.05) is 20.8 Å². The van der Waals surface area contributed by atoms with Crippen molar-refractivity contribution >= 4 is 0 Å². The molecule has 2 nitrogen and oxygen atoms in total. The minimum absolute atomic E-state index is 0.0828. The van der Waals surface area contributed by atoms with E-state index in [1.165, 1.54) is 19.3 Å². The SMILES string of the molecule is CC1(C)[C@@H]2CC[C@@]1(C)C1(C2)NO1. The summed E-state index contributed by atoms with van der Waals surface area (Å²) in [6.07, 6.45) is 3.96. The fraction of sp³-hybridized carbons (Fsp3) is 1.00. The van der Waals surface area contributed by atoms with Crippen LogP contribution < -0.4 is 5.48 Å². The van der Waals surface area contributed by atoms with Crippen molar-refractivity contribution in [2.24, 2.45) is 16.7 Å². The molecule has 1 heterocycles. The van der Waals surface area contributed by atoms with Gasteiger partial charge in [-0.3, -0.25) is 4.84 Å². The van der Waals surface area contributed by atoms with Crippen LogP contribution in [0.1, 0.15) is 40.0 Å². The summed E-state index contributed by atoms with van der Waals surface area (Å²) in [6.45, 7) is 7.20. The molecule has 0 radical (unpaired) electrons. The first-order valence-corrected chi connectivity index (χ1v) is 4.97. The summed E-state index contributed by atoms with van der Waals surface area (Å²) in [5.74, 6) is 0.873. The molecule has 3 fully saturated rings. The summed E-state index contributed by atoms with van der Waals surface area (Å²) in [6, 6.07) is 0. The molecule has 1 aliphatic heterocycles.